The van der Waals surface area contributed by atoms with Crippen LogP contribution >= 0.6 is 0 Å². The van der Waals surface area contributed by atoms with Crippen LogP contribution in [0.3, 0.4) is 0 Å². The van der Waals surface area contributed by atoms with Crippen LogP contribution < -0.4 is 15.1 Å². The SMILES string of the molecule is COc1ccc2c(COC(=O)c3ccc(OC(C)C)cc3)cc(=O)oc2c1. The number of fused-ring (bicyclic) bond motifs is 1. The molecule has 0 unspecified atom stereocenters. The molecule has 27 heavy (non-hydrogen) atoms. The van der Waals surface area contributed by atoms with Gasteiger partial charge >= 0.3 is 11.6 Å². The standard InChI is InChI=1S/C21H20O6/c1-13(2)26-16-6-4-14(5-7-16)21(23)25-12-15-10-20(22)27-19-11-17(24-3)8-9-18(15)19/h4-11,13H,12H2,1-3H3. The molecule has 2 aromatic carbocycles. The number of rotatable bonds is 6. The van der Waals surface area contributed by atoms with E-state index < -0.39 is 11.6 Å². The summed E-state index contributed by atoms with van der Waals surface area (Å²) in [6.45, 7) is 3.81. The summed E-state index contributed by atoms with van der Waals surface area (Å²) in [4.78, 5) is 24.1. The summed E-state index contributed by atoms with van der Waals surface area (Å²) in [6.07, 6.45) is 0.0551. The van der Waals surface area contributed by atoms with E-state index in [9.17, 15) is 9.59 Å². The zero-order valence-electron chi connectivity index (χ0n) is 15.4. The zero-order valence-corrected chi connectivity index (χ0v) is 15.4. The molecule has 6 nitrogen and oxygen atoms in total. The van der Waals surface area contributed by atoms with Crippen molar-refractivity contribution in [2.24, 2.45) is 0 Å². The molecule has 1 heterocycles. The molecule has 0 saturated heterocycles. The van der Waals surface area contributed by atoms with Crippen LogP contribution in [0.1, 0.15) is 29.8 Å². The van der Waals surface area contributed by atoms with Crippen molar-refractivity contribution in [3.05, 3.63) is 70.1 Å². The number of methoxy groups -OCH3 is 1. The first kappa shape index (κ1) is 18.5. The molecule has 0 bridgehead atoms. The highest BCUT2D eigenvalue weighted by Gasteiger charge is 2.12. The predicted octanol–water partition coefficient (Wildman–Crippen LogP) is 3.95. The molecule has 6 heteroatoms. The van der Waals surface area contributed by atoms with Crippen molar-refractivity contribution >= 4 is 16.9 Å². The van der Waals surface area contributed by atoms with Gasteiger partial charge in [-0.25, -0.2) is 9.59 Å². The number of carbonyl (C=O) groups is 1. The number of carbonyl (C=O) groups excluding carboxylic acids is 1. The number of benzene rings is 2. The molecule has 3 rings (SSSR count). The van der Waals surface area contributed by atoms with Gasteiger partial charge in [-0.3, -0.25) is 0 Å². The van der Waals surface area contributed by atoms with Crippen molar-refractivity contribution in [2.75, 3.05) is 7.11 Å². The average molecular weight is 368 g/mol. The van der Waals surface area contributed by atoms with Gasteiger partial charge in [-0.1, -0.05) is 0 Å². The normalized spacial score (nSPS) is 10.8. The van der Waals surface area contributed by atoms with Crippen molar-refractivity contribution in [1.29, 1.82) is 0 Å². The van der Waals surface area contributed by atoms with Gasteiger partial charge < -0.3 is 18.6 Å². The van der Waals surface area contributed by atoms with Gasteiger partial charge in [-0.2, -0.15) is 0 Å². The van der Waals surface area contributed by atoms with Crippen LogP contribution in [0.15, 0.2) is 57.7 Å². The maximum absolute atomic E-state index is 12.3. The monoisotopic (exact) mass is 368 g/mol. The van der Waals surface area contributed by atoms with Crippen LogP contribution in [0.25, 0.3) is 11.0 Å². The highest BCUT2D eigenvalue weighted by atomic mass is 16.5. The molecule has 140 valence electrons. The van der Waals surface area contributed by atoms with Crippen LogP contribution in [-0.4, -0.2) is 19.2 Å². The van der Waals surface area contributed by atoms with E-state index in [1.54, 1.807) is 42.5 Å². The van der Waals surface area contributed by atoms with E-state index in [-0.39, 0.29) is 12.7 Å². The van der Waals surface area contributed by atoms with E-state index in [0.717, 1.165) is 0 Å². The average Bonchev–Trinajstić information content (AvgIpc) is 2.65. The minimum Gasteiger partial charge on any atom is -0.497 e. The third kappa shape index (κ3) is 4.47. The molecular weight excluding hydrogens is 348 g/mol. The lowest BCUT2D eigenvalue weighted by Crippen LogP contribution is -2.09. The van der Waals surface area contributed by atoms with Gasteiger partial charge in [0, 0.05) is 23.1 Å². The summed E-state index contributed by atoms with van der Waals surface area (Å²) < 4.78 is 21.2. The third-order valence-electron chi connectivity index (χ3n) is 3.86. The fraction of sp³-hybridized carbons (Fsp3) is 0.238. The maximum Gasteiger partial charge on any atom is 0.338 e. The fourth-order valence-corrected chi connectivity index (χ4v) is 2.63. The van der Waals surface area contributed by atoms with E-state index in [1.165, 1.54) is 13.2 Å². The largest absolute Gasteiger partial charge is 0.497 e. The van der Waals surface area contributed by atoms with Gasteiger partial charge in [0.2, 0.25) is 0 Å². The van der Waals surface area contributed by atoms with Gasteiger partial charge in [0.15, 0.2) is 0 Å². The Balaban J connectivity index is 1.76. The Morgan fingerprint density at radius 3 is 2.41 bits per heavy atom. The molecule has 0 radical (unpaired) electrons. The van der Waals surface area contributed by atoms with Crippen molar-refractivity contribution in [2.45, 2.75) is 26.6 Å². The lowest BCUT2D eigenvalue weighted by Gasteiger charge is -2.10. The summed E-state index contributed by atoms with van der Waals surface area (Å²) in [5, 5.41) is 0.684. The van der Waals surface area contributed by atoms with E-state index in [2.05, 4.69) is 0 Å². The molecule has 0 aliphatic carbocycles. The first-order valence-electron chi connectivity index (χ1n) is 8.51. The minimum atomic E-state index is -0.517. The number of hydrogen-bond acceptors (Lipinski definition) is 6. The Bertz CT molecular complexity index is 1000. The van der Waals surface area contributed by atoms with E-state index >= 15 is 0 Å². The predicted molar refractivity (Wildman–Crippen MR) is 100 cm³/mol. The molecule has 0 N–H and O–H groups in total. The summed E-state index contributed by atoms with van der Waals surface area (Å²) in [5.74, 6) is 0.770. The van der Waals surface area contributed by atoms with Gasteiger partial charge in [-0.05, 0) is 50.2 Å². The summed E-state index contributed by atoms with van der Waals surface area (Å²) in [5.41, 5.74) is 0.831. The lowest BCUT2D eigenvalue weighted by atomic mass is 10.1. The molecule has 0 spiro atoms. The van der Waals surface area contributed by atoms with Crippen LogP contribution in [0, 0.1) is 0 Å². The van der Waals surface area contributed by atoms with Gasteiger partial charge in [0.1, 0.15) is 23.7 Å². The van der Waals surface area contributed by atoms with Crippen LogP contribution in [0.5, 0.6) is 11.5 Å². The molecule has 0 atom stereocenters. The van der Waals surface area contributed by atoms with E-state index in [0.29, 0.717) is 33.6 Å². The first-order chi connectivity index (χ1) is 13.0. The Labute approximate surface area is 156 Å². The Kier molecular flexibility index (Phi) is 5.45. The Morgan fingerprint density at radius 1 is 1.04 bits per heavy atom. The molecule has 0 saturated carbocycles. The van der Waals surface area contributed by atoms with Crippen molar-refractivity contribution in [1.82, 2.24) is 0 Å². The molecule has 0 aliphatic heterocycles. The Hall–Kier alpha value is -3.28. The molecular formula is C21H20O6. The van der Waals surface area contributed by atoms with Crippen LogP contribution in [-0.2, 0) is 11.3 Å². The molecule has 3 aromatic rings. The maximum atomic E-state index is 12.3. The van der Waals surface area contributed by atoms with Gasteiger partial charge in [-0.15, -0.1) is 0 Å². The molecule has 0 amide bonds. The van der Waals surface area contributed by atoms with Crippen LogP contribution in [0.2, 0.25) is 0 Å². The smallest absolute Gasteiger partial charge is 0.338 e. The minimum absolute atomic E-state index is 0.0441. The molecule has 0 aliphatic rings. The summed E-state index contributed by atoms with van der Waals surface area (Å²) >= 11 is 0. The second-order valence-electron chi connectivity index (χ2n) is 6.22. The third-order valence-corrected chi connectivity index (χ3v) is 3.86. The molecule has 0 fully saturated rings. The van der Waals surface area contributed by atoms with Crippen molar-refractivity contribution in [3.8, 4) is 11.5 Å². The zero-order chi connectivity index (χ0) is 19.4. The second kappa shape index (κ2) is 7.95. The van der Waals surface area contributed by atoms with Crippen LogP contribution in [0.4, 0.5) is 0 Å². The van der Waals surface area contributed by atoms with Crippen molar-refractivity contribution < 1.29 is 23.4 Å². The summed E-state index contributed by atoms with van der Waals surface area (Å²) in [7, 11) is 1.53. The highest BCUT2D eigenvalue weighted by Crippen LogP contribution is 2.23. The van der Waals surface area contributed by atoms with Gasteiger partial charge in [0.25, 0.3) is 0 Å². The highest BCUT2D eigenvalue weighted by molar-refractivity contribution is 5.90. The van der Waals surface area contributed by atoms with E-state index in [4.69, 9.17) is 18.6 Å². The second-order valence-corrected chi connectivity index (χ2v) is 6.22. The van der Waals surface area contributed by atoms with Crippen molar-refractivity contribution in [3.63, 3.8) is 0 Å². The van der Waals surface area contributed by atoms with Gasteiger partial charge in [0.05, 0.1) is 18.8 Å². The summed E-state index contributed by atoms with van der Waals surface area (Å²) in [6, 6.07) is 13.2. The first-order valence-corrected chi connectivity index (χ1v) is 8.51. The van der Waals surface area contributed by atoms with E-state index in [1.807, 2.05) is 13.8 Å². The number of hydrogen-bond donors (Lipinski definition) is 0. The molecule has 1 aromatic heterocycles. The number of ether oxygens (including phenoxy) is 3. The topological polar surface area (TPSA) is 75.0 Å². The Morgan fingerprint density at radius 2 is 1.74 bits per heavy atom. The number of esters is 1. The quantitative estimate of drug-likeness (QED) is 0.484. The lowest BCUT2D eigenvalue weighted by molar-refractivity contribution is 0.0474. The fourth-order valence-electron chi connectivity index (χ4n) is 2.63.